The normalized spacial score (nSPS) is 17.1. The summed E-state index contributed by atoms with van der Waals surface area (Å²) in [4.78, 5) is -0.0734. The van der Waals surface area contributed by atoms with Crippen molar-refractivity contribution in [1.29, 1.82) is 0 Å². The first-order valence-electron chi connectivity index (χ1n) is 7.65. The molecule has 0 aromatic heterocycles. The van der Waals surface area contributed by atoms with Gasteiger partial charge in [-0.3, -0.25) is 4.55 Å². The number of anilines is 2. The lowest BCUT2D eigenvalue weighted by Crippen LogP contribution is -2.21. The maximum atomic E-state index is 11.1. The predicted molar refractivity (Wildman–Crippen MR) is 85.3 cm³/mol. The molecule has 0 fully saturated rings. The van der Waals surface area contributed by atoms with Gasteiger partial charge in [0, 0.05) is 0 Å². The van der Waals surface area contributed by atoms with E-state index in [4.69, 9.17) is 4.55 Å². The zero-order chi connectivity index (χ0) is 15.3. The fraction of sp³-hybridized carbons (Fsp3) is 0.600. The van der Waals surface area contributed by atoms with Crippen molar-refractivity contribution >= 4 is 21.5 Å². The Balaban J connectivity index is 1.80. The molecule has 0 saturated carbocycles. The van der Waals surface area contributed by atoms with Gasteiger partial charge in [0.15, 0.2) is 0 Å². The lowest BCUT2D eigenvalue weighted by molar-refractivity contribution is 0.483. The van der Waals surface area contributed by atoms with Gasteiger partial charge in [0.05, 0.1) is 22.4 Å². The topological polar surface area (TPSA) is 78.4 Å². The molecule has 0 radical (unpaired) electrons. The van der Waals surface area contributed by atoms with Crippen LogP contribution in [0.4, 0.5) is 11.4 Å². The lowest BCUT2D eigenvalue weighted by atomic mass is 10.1. The molecule has 0 saturated heterocycles. The van der Waals surface area contributed by atoms with Crippen molar-refractivity contribution in [3.05, 3.63) is 18.2 Å². The van der Waals surface area contributed by atoms with Crippen LogP contribution in [0.25, 0.3) is 0 Å². The van der Waals surface area contributed by atoms with Crippen molar-refractivity contribution in [3.8, 4) is 0 Å². The van der Waals surface area contributed by atoms with Crippen molar-refractivity contribution in [1.82, 2.24) is 0 Å². The van der Waals surface area contributed by atoms with E-state index >= 15 is 0 Å². The molecule has 0 aliphatic carbocycles. The van der Waals surface area contributed by atoms with Crippen LogP contribution in [0, 0.1) is 0 Å². The standard InChI is InChI=1S/C15H24N2O3S/c1-2-3-4-5-6-7-8-15-16-13-10-9-12(21(18,19)20)11-14(13)17-15/h9-11,15-17H,2-8H2,1H3,(H,18,19,20). The minimum Gasteiger partial charge on any atom is -0.364 e. The second kappa shape index (κ2) is 7.13. The Morgan fingerprint density at radius 2 is 1.71 bits per heavy atom. The van der Waals surface area contributed by atoms with Crippen LogP contribution >= 0.6 is 0 Å². The van der Waals surface area contributed by atoms with E-state index < -0.39 is 10.1 Å². The fourth-order valence-electron chi connectivity index (χ4n) is 2.61. The summed E-state index contributed by atoms with van der Waals surface area (Å²) >= 11 is 0. The number of nitrogens with one attached hydrogen (secondary N) is 2. The van der Waals surface area contributed by atoms with Gasteiger partial charge in [0.1, 0.15) is 0 Å². The van der Waals surface area contributed by atoms with Crippen molar-refractivity contribution < 1.29 is 13.0 Å². The first-order chi connectivity index (χ1) is 10.0. The molecule has 1 aromatic carbocycles. The molecule has 6 heteroatoms. The largest absolute Gasteiger partial charge is 0.364 e. The molecule has 1 heterocycles. The van der Waals surface area contributed by atoms with Crippen molar-refractivity contribution in [2.24, 2.45) is 0 Å². The minimum absolute atomic E-state index is 0.0734. The second-order valence-electron chi connectivity index (χ2n) is 5.58. The van der Waals surface area contributed by atoms with Gasteiger partial charge in [-0.15, -0.1) is 0 Å². The average Bonchev–Trinajstić information content (AvgIpc) is 2.83. The molecule has 2 rings (SSSR count). The predicted octanol–water partition coefficient (Wildman–Crippen LogP) is 3.85. The lowest BCUT2D eigenvalue weighted by Gasteiger charge is -2.11. The van der Waals surface area contributed by atoms with Crippen LogP contribution in [-0.2, 0) is 10.1 Å². The van der Waals surface area contributed by atoms with E-state index in [1.807, 2.05) is 0 Å². The summed E-state index contributed by atoms with van der Waals surface area (Å²) in [5, 5.41) is 6.59. The third kappa shape index (κ3) is 4.61. The van der Waals surface area contributed by atoms with Gasteiger partial charge in [0.2, 0.25) is 0 Å². The Morgan fingerprint density at radius 3 is 2.43 bits per heavy atom. The number of fused-ring (bicyclic) bond motifs is 1. The van der Waals surface area contributed by atoms with Gasteiger partial charge in [-0.05, 0) is 31.0 Å². The highest BCUT2D eigenvalue weighted by Gasteiger charge is 2.21. The second-order valence-corrected chi connectivity index (χ2v) is 7.00. The Bertz CT molecular complexity index is 572. The van der Waals surface area contributed by atoms with Gasteiger partial charge in [-0.2, -0.15) is 8.42 Å². The van der Waals surface area contributed by atoms with Gasteiger partial charge >= 0.3 is 0 Å². The Kier molecular flexibility index (Phi) is 5.47. The number of hydrogen-bond donors (Lipinski definition) is 3. The highest BCUT2D eigenvalue weighted by atomic mass is 32.2. The maximum absolute atomic E-state index is 11.1. The summed E-state index contributed by atoms with van der Waals surface area (Å²) in [6.07, 6.45) is 8.67. The van der Waals surface area contributed by atoms with Gasteiger partial charge < -0.3 is 10.6 Å². The van der Waals surface area contributed by atoms with Crippen molar-refractivity contribution in [2.75, 3.05) is 10.6 Å². The van der Waals surface area contributed by atoms with E-state index in [-0.39, 0.29) is 11.1 Å². The monoisotopic (exact) mass is 312 g/mol. The van der Waals surface area contributed by atoms with E-state index in [9.17, 15) is 8.42 Å². The third-order valence-electron chi connectivity index (χ3n) is 3.79. The first-order valence-corrected chi connectivity index (χ1v) is 9.09. The summed E-state index contributed by atoms with van der Waals surface area (Å²) in [6.45, 7) is 2.21. The van der Waals surface area contributed by atoms with Crippen LogP contribution in [0.2, 0.25) is 0 Å². The molecule has 0 spiro atoms. The summed E-state index contributed by atoms with van der Waals surface area (Å²) in [5.41, 5.74) is 1.62. The Labute approximate surface area is 126 Å². The Morgan fingerprint density at radius 1 is 1.05 bits per heavy atom. The fourth-order valence-corrected chi connectivity index (χ4v) is 3.12. The van der Waals surface area contributed by atoms with Gasteiger partial charge in [0.25, 0.3) is 10.1 Å². The summed E-state index contributed by atoms with van der Waals surface area (Å²) < 4.78 is 31.3. The molecule has 0 amide bonds. The molecule has 3 N–H and O–H groups in total. The average molecular weight is 312 g/mol. The number of unbranched alkanes of at least 4 members (excludes halogenated alkanes) is 5. The minimum atomic E-state index is -4.14. The van der Waals surface area contributed by atoms with E-state index in [1.165, 1.54) is 44.2 Å². The molecule has 21 heavy (non-hydrogen) atoms. The van der Waals surface area contributed by atoms with Gasteiger partial charge in [-0.25, -0.2) is 0 Å². The van der Waals surface area contributed by atoms with Crippen LogP contribution in [0.5, 0.6) is 0 Å². The molecule has 1 aliphatic rings. The van der Waals surface area contributed by atoms with Crippen LogP contribution in [-0.4, -0.2) is 19.1 Å². The Hall–Kier alpha value is -1.27. The number of benzene rings is 1. The van der Waals surface area contributed by atoms with E-state index in [2.05, 4.69) is 17.6 Å². The van der Waals surface area contributed by atoms with E-state index in [0.717, 1.165) is 24.2 Å². The van der Waals surface area contributed by atoms with Crippen LogP contribution < -0.4 is 10.6 Å². The smallest absolute Gasteiger partial charge is 0.294 e. The van der Waals surface area contributed by atoms with Crippen LogP contribution in [0.3, 0.4) is 0 Å². The molecule has 1 unspecified atom stereocenters. The zero-order valence-corrected chi connectivity index (χ0v) is 13.2. The molecule has 1 aromatic rings. The van der Waals surface area contributed by atoms with Gasteiger partial charge in [-0.1, -0.05) is 39.0 Å². The van der Waals surface area contributed by atoms with Crippen LogP contribution in [0.15, 0.2) is 23.1 Å². The number of rotatable bonds is 8. The maximum Gasteiger partial charge on any atom is 0.294 e. The van der Waals surface area contributed by atoms with Crippen LogP contribution in [0.1, 0.15) is 51.9 Å². The molecular weight excluding hydrogens is 288 g/mol. The first kappa shape index (κ1) is 16.1. The number of hydrogen-bond acceptors (Lipinski definition) is 4. The zero-order valence-electron chi connectivity index (χ0n) is 12.4. The highest BCUT2D eigenvalue weighted by Crippen LogP contribution is 2.32. The summed E-state index contributed by atoms with van der Waals surface area (Å²) in [6, 6.07) is 4.57. The summed E-state index contributed by atoms with van der Waals surface area (Å²) in [7, 11) is -4.14. The molecule has 118 valence electrons. The third-order valence-corrected chi connectivity index (χ3v) is 4.64. The molecular formula is C15H24N2O3S. The summed E-state index contributed by atoms with van der Waals surface area (Å²) in [5.74, 6) is 0. The van der Waals surface area contributed by atoms with Crippen molar-refractivity contribution in [2.45, 2.75) is 62.9 Å². The quantitative estimate of drug-likeness (QED) is 0.502. The van der Waals surface area contributed by atoms with E-state index in [0.29, 0.717) is 0 Å². The van der Waals surface area contributed by atoms with Crippen molar-refractivity contribution in [3.63, 3.8) is 0 Å². The highest BCUT2D eigenvalue weighted by molar-refractivity contribution is 7.85. The molecule has 1 aliphatic heterocycles. The molecule has 1 atom stereocenters. The van der Waals surface area contributed by atoms with E-state index in [1.54, 1.807) is 6.07 Å². The SMILES string of the molecule is CCCCCCCCC1Nc2ccc(S(=O)(=O)O)cc2N1. The molecule has 0 bridgehead atoms. The molecule has 5 nitrogen and oxygen atoms in total.